The van der Waals surface area contributed by atoms with Gasteiger partial charge in [-0.15, -0.1) is 0 Å². The minimum Gasteiger partial charge on any atom is -0.396 e. The van der Waals surface area contributed by atoms with Crippen molar-refractivity contribution in [2.24, 2.45) is 0 Å². The molecule has 0 fully saturated rings. The molecule has 0 aliphatic carbocycles. The van der Waals surface area contributed by atoms with Gasteiger partial charge in [-0.05, 0) is 18.1 Å². The largest absolute Gasteiger partial charge is 0.396 e. The number of rotatable bonds is 2. The van der Waals surface area contributed by atoms with Crippen LogP contribution in [0.3, 0.4) is 0 Å². The first-order chi connectivity index (χ1) is 8.58. The average Bonchev–Trinajstić information content (AvgIpc) is 2.78. The number of aromatic nitrogens is 2. The van der Waals surface area contributed by atoms with Gasteiger partial charge in [0.2, 0.25) is 5.96 Å². The van der Waals surface area contributed by atoms with Crippen LogP contribution in [-0.4, -0.2) is 26.0 Å². The summed E-state index contributed by atoms with van der Waals surface area (Å²) >= 11 is 0. The van der Waals surface area contributed by atoms with Gasteiger partial charge >= 0.3 is 0 Å². The van der Waals surface area contributed by atoms with E-state index in [0.717, 1.165) is 16.2 Å². The van der Waals surface area contributed by atoms with Crippen molar-refractivity contribution in [3.05, 3.63) is 47.8 Å². The molecule has 0 saturated carbocycles. The maximum atomic E-state index is 9.87. The Morgan fingerprint density at radius 3 is 2.83 bits per heavy atom. The second-order valence-corrected chi connectivity index (χ2v) is 4.03. The lowest BCUT2D eigenvalue weighted by Crippen LogP contribution is -2.32. The normalized spacial score (nSPS) is 10.3. The monoisotopic (exact) mass is 245 g/mol. The first-order valence-electron chi connectivity index (χ1n) is 5.48. The van der Waals surface area contributed by atoms with E-state index in [2.05, 4.69) is 5.10 Å². The van der Waals surface area contributed by atoms with Gasteiger partial charge in [-0.1, -0.05) is 24.3 Å². The lowest BCUT2D eigenvalue weighted by molar-refractivity contribution is -0.0285. The predicted molar refractivity (Wildman–Crippen MR) is 68.3 cm³/mol. The number of anilines is 1. The summed E-state index contributed by atoms with van der Waals surface area (Å²) in [6.45, 7) is 2.18. The molecule has 0 aliphatic heterocycles. The average molecular weight is 245 g/mol. The van der Waals surface area contributed by atoms with Crippen molar-refractivity contribution >= 4 is 11.6 Å². The van der Waals surface area contributed by atoms with Gasteiger partial charge in [0.25, 0.3) is 0 Å². The smallest absolute Gasteiger partial charge is 0.243 e. The molecule has 0 unspecified atom stereocenters. The van der Waals surface area contributed by atoms with Crippen molar-refractivity contribution in [1.29, 1.82) is 5.41 Å². The molecule has 0 saturated heterocycles. The maximum Gasteiger partial charge on any atom is 0.243 e. The Hall–Kier alpha value is -2.34. The second-order valence-electron chi connectivity index (χ2n) is 4.03. The summed E-state index contributed by atoms with van der Waals surface area (Å²) in [5, 5.41) is 22.3. The van der Waals surface area contributed by atoms with E-state index in [1.54, 1.807) is 0 Å². The third-order valence-corrected chi connectivity index (χ3v) is 2.65. The lowest BCUT2D eigenvalue weighted by atomic mass is 10.1. The van der Waals surface area contributed by atoms with Crippen LogP contribution in [0.15, 0.2) is 36.7 Å². The van der Waals surface area contributed by atoms with E-state index in [1.165, 1.54) is 17.1 Å². The maximum absolute atomic E-state index is 9.87. The molecule has 94 valence electrons. The third kappa shape index (κ3) is 2.49. The van der Waals surface area contributed by atoms with Gasteiger partial charge in [0.1, 0.15) is 0 Å². The highest BCUT2D eigenvalue weighted by atomic mass is 16.5. The Kier molecular flexibility index (Phi) is 3.29. The van der Waals surface area contributed by atoms with Crippen LogP contribution >= 0.6 is 0 Å². The SMILES string of the molecule is Cc1ccccc1CN(O)C(=N)n1cc(N)cn1. The van der Waals surface area contributed by atoms with Crippen LogP contribution < -0.4 is 5.73 Å². The topological polar surface area (TPSA) is 91.2 Å². The van der Waals surface area contributed by atoms with Crippen molar-refractivity contribution in [3.8, 4) is 0 Å². The summed E-state index contributed by atoms with van der Waals surface area (Å²) in [5.74, 6) is -0.144. The Labute approximate surface area is 105 Å². The quantitative estimate of drug-likeness (QED) is 0.424. The van der Waals surface area contributed by atoms with Crippen LogP contribution in [0.4, 0.5) is 5.69 Å². The minimum atomic E-state index is -0.144. The van der Waals surface area contributed by atoms with Crippen molar-refractivity contribution in [1.82, 2.24) is 14.8 Å². The van der Waals surface area contributed by atoms with Crippen molar-refractivity contribution < 1.29 is 5.21 Å². The summed E-state index contributed by atoms with van der Waals surface area (Å²) in [6.07, 6.45) is 2.90. The standard InChI is InChI=1S/C12H15N5O/c1-9-4-2-3-5-10(9)7-17(18)12(14)16-8-11(13)6-15-16/h2-6,8,14,18H,7,13H2,1H3. The van der Waals surface area contributed by atoms with E-state index in [1.807, 2.05) is 31.2 Å². The Morgan fingerprint density at radius 1 is 1.50 bits per heavy atom. The molecule has 6 heteroatoms. The first kappa shape index (κ1) is 12.1. The summed E-state index contributed by atoms with van der Waals surface area (Å²) in [5.41, 5.74) is 7.97. The molecule has 1 aromatic heterocycles. The zero-order chi connectivity index (χ0) is 13.1. The summed E-state index contributed by atoms with van der Waals surface area (Å²) in [4.78, 5) is 0. The van der Waals surface area contributed by atoms with Crippen LogP contribution in [0.1, 0.15) is 11.1 Å². The van der Waals surface area contributed by atoms with E-state index in [0.29, 0.717) is 5.69 Å². The van der Waals surface area contributed by atoms with Crippen LogP contribution in [0.2, 0.25) is 0 Å². The van der Waals surface area contributed by atoms with Crippen LogP contribution in [0.5, 0.6) is 0 Å². The number of nitrogens with zero attached hydrogens (tertiary/aromatic N) is 3. The predicted octanol–water partition coefficient (Wildman–Crippen LogP) is 1.45. The van der Waals surface area contributed by atoms with Crippen LogP contribution in [-0.2, 0) is 6.54 Å². The molecule has 0 spiro atoms. The molecule has 2 aromatic rings. The Morgan fingerprint density at radius 2 is 2.22 bits per heavy atom. The fourth-order valence-corrected chi connectivity index (χ4v) is 1.59. The van der Waals surface area contributed by atoms with E-state index in [9.17, 15) is 5.21 Å². The molecular weight excluding hydrogens is 230 g/mol. The molecule has 1 aromatic carbocycles. The Balaban J connectivity index is 2.11. The van der Waals surface area contributed by atoms with Gasteiger partial charge in [0, 0.05) is 0 Å². The van der Waals surface area contributed by atoms with E-state index in [4.69, 9.17) is 11.1 Å². The van der Waals surface area contributed by atoms with Gasteiger partial charge in [0.05, 0.1) is 24.6 Å². The van der Waals surface area contributed by atoms with Crippen molar-refractivity contribution in [3.63, 3.8) is 0 Å². The number of nitrogens with two attached hydrogens (primary N) is 1. The summed E-state index contributed by atoms with van der Waals surface area (Å²) in [6, 6.07) is 7.69. The number of aryl methyl sites for hydroxylation is 1. The van der Waals surface area contributed by atoms with E-state index >= 15 is 0 Å². The molecule has 2 rings (SSSR count). The van der Waals surface area contributed by atoms with Gasteiger partial charge in [0.15, 0.2) is 0 Å². The zero-order valence-corrected chi connectivity index (χ0v) is 10.0. The molecular formula is C12H15N5O. The molecule has 1 heterocycles. The number of hydrogen-bond donors (Lipinski definition) is 3. The Bertz CT molecular complexity index is 563. The first-order valence-corrected chi connectivity index (χ1v) is 5.48. The molecule has 0 amide bonds. The molecule has 4 N–H and O–H groups in total. The number of hydroxylamine groups is 2. The summed E-state index contributed by atoms with van der Waals surface area (Å²) < 4.78 is 1.22. The number of nitrogen functional groups attached to an aromatic ring is 1. The van der Waals surface area contributed by atoms with Gasteiger partial charge in [-0.25, -0.2) is 9.75 Å². The van der Waals surface area contributed by atoms with Gasteiger partial charge in [-0.2, -0.15) is 5.10 Å². The fourth-order valence-electron chi connectivity index (χ4n) is 1.59. The zero-order valence-electron chi connectivity index (χ0n) is 10.0. The lowest BCUT2D eigenvalue weighted by Gasteiger charge is -2.18. The third-order valence-electron chi connectivity index (χ3n) is 2.65. The van der Waals surface area contributed by atoms with Gasteiger partial charge in [-0.3, -0.25) is 10.6 Å². The molecule has 0 aliphatic rings. The van der Waals surface area contributed by atoms with Gasteiger partial charge < -0.3 is 5.73 Å². The van der Waals surface area contributed by atoms with E-state index < -0.39 is 0 Å². The van der Waals surface area contributed by atoms with Crippen molar-refractivity contribution in [2.45, 2.75) is 13.5 Å². The molecule has 6 nitrogen and oxygen atoms in total. The molecule has 0 atom stereocenters. The molecule has 18 heavy (non-hydrogen) atoms. The highest BCUT2D eigenvalue weighted by Crippen LogP contribution is 2.10. The number of hydrogen-bond acceptors (Lipinski definition) is 4. The second kappa shape index (κ2) is 4.89. The van der Waals surface area contributed by atoms with Crippen molar-refractivity contribution in [2.75, 3.05) is 5.73 Å². The van der Waals surface area contributed by atoms with E-state index in [-0.39, 0.29) is 12.5 Å². The van der Waals surface area contributed by atoms with Crippen LogP contribution in [0, 0.1) is 12.3 Å². The highest BCUT2D eigenvalue weighted by molar-refractivity contribution is 5.77. The van der Waals surface area contributed by atoms with Crippen LogP contribution in [0.25, 0.3) is 0 Å². The fraction of sp³-hybridized carbons (Fsp3) is 0.167. The molecule has 0 bridgehead atoms. The minimum absolute atomic E-state index is 0.144. The molecule has 0 radical (unpaired) electrons. The number of benzene rings is 1. The highest BCUT2D eigenvalue weighted by Gasteiger charge is 2.11. The number of nitrogens with one attached hydrogen (secondary N) is 1. The summed E-state index contributed by atoms with van der Waals surface area (Å²) in [7, 11) is 0.